The summed E-state index contributed by atoms with van der Waals surface area (Å²) in [4.78, 5) is 22.3. The number of hydrogen-bond acceptors (Lipinski definition) is 4. The minimum absolute atomic E-state index is 0.321. The van der Waals surface area contributed by atoms with E-state index >= 15 is 0 Å². The van der Waals surface area contributed by atoms with E-state index in [-0.39, 0.29) is 12.2 Å². The van der Waals surface area contributed by atoms with Crippen LogP contribution < -0.4 is 15.2 Å². The molecule has 1 aromatic rings. The van der Waals surface area contributed by atoms with E-state index < -0.39 is 5.91 Å². The van der Waals surface area contributed by atoms with Gasteiger partial charge in [-0.2, -0.15) is 0 Å². The zero-order chi connectivity index (χ0) is 12.1. The van der Waals surface area contributed by atoms with Gasteiger partial charge in [0.05, 0.1) is 26.2 Å². The van der Waals surface area contributed by atoms with Crippen molar-refractivity contribution in [1.29, 1.82) is 0 Å². The molecule has 2 N–H and O–H groups in total. The van der Waals surface area contributed by atoms with Crippen molar-refractivity contribution in [3.8, 4) is 11.5 Å². The third-order valence-corrected chi connectivity index (χ3v) is 2.04. The van der Waals surface area contributed by atoms with Gasteiger partial charge in [-0.15, -0.1) is 0 Å². The number of carbonyl (C=O) groups is 2. The number of methoxy groups -OCH3 is 2. The summed E-state index contributed by atoms with van der Waals surface area (Å²) >= 11 is 0. The third-order valence-electron chi connectivity index (χ3n) is 2.04. The Morgan fingerprint density at radius 3 is 2.44 bits per heavy atom. The van der Waals surface area contributed by atoms with E-state index in [9.17, 15) is 9.59 Å². The predicted molar refractivity (Wildman–Crippen MR) is 57.7 cm³/mol. The highest BCUT2D eigenvalue weighted by atomic mass is 16.5. The molecule has 86 valence electrons. The molecule has 0 aromatic heterocycles. The molecular weight excluding hydrogens is 210 g/mol. The fourth-order valence-corrected chi connectivity index (χ4v) is 1.28. The van der Waals surface area contributed by atoms with Gasteiger partial charge in [0, 0.05) is 6.07 Å². The molecule has 5 nitrogen and oxygen atoms in total. The molecule has 0 radical (unpaired) electrons. The van der Waals surface area contributed by atoms with Crippen LogP contribution >= 0.6 is 0 Å². The van der Waals surface area contributed by atoms with Crippen LogP contribution in [0.1, 0.15) is 16.8 Å². The van der Waals surface area contributed by atoms with E-state index in [0.717, 1.165) is 0 Å². The molecule has 0 heterocycles. The molecule has 0 bridgehead atoms. The zero-order valence-corrected chi connectivity index (χ0v) is 9.15. The van der Waals surface area contributed by atoms with Gasteiger partial charge in [-0.05, 0) is 12.1 Å². The summed E-state index contributed by atoms with van der Waals surface area (Å²) in [6.45, 7) is 0. The summed E-state index contributed by atoms with van der Waals surface area (Å²) in [6.07, 6.45) is -0.331. The lowest BCUT2D eigenvalue weighted by Crippen LogP contribution is -2.16. The van der Waals surface area contributed by atoms with Gasteiger partial charge in [-0.25, -0.2) is 0 Å². The van der Waals surface area contributed by atoms with Crippen LogP contribution in [0.15, 0.2) is 18.2 Å². The van der Waals surface area contributed by atoms with Crippen molar-refractivity contribution in [2.45, 2.75) is 6.42 Å². The molecule has 0 fully saturated rings. The monoisotopic (exact) mass is 223 g/mol. The maximum atomic E-state index is 11.6. The van der Waals surface area contributed by atoms with Gasteiger partial charge < -0.3 is 15.2 Å². The molecular formula is C11H13NO4. The normalized spacial score (nSPS) is 9.62. The van der Waals surface area contributed by atoms with Crippen molar-refractivity contribution in [2.75, 3.05) is 14.2 Å². The van der Waals surface area contributed by atoms with Gasteiger partial charge in [0.1, 0.15) is 11.5 Å². The Labute approximate surface area is 93.1 Å². The lowest BCUT2D eigenvalue weighted by molar-refractivity contribution is -0.117. The number of amides is 1. The van der Waals surface area contributed by atoms with Gasteiger partial charge in [0.2, 0.25) is 5.91 Å². The minimum atomic E-state index is -0.664. The first-order chi connectivity index (χ1) is 7.58. The highest BCUT2D eigenvalue weighted by Crippen LogP contribution is 2.25. The van der Waals surface area contributed by atoms with E-state index in [0.29, 0.717) is 17.1 Å². The second kappa shape index (κ2) is 5.16. The number of hydrogen-bond donors (Lipinski definition) is 1. The minimum Gasteiger partial charge on any atom is -0.497 e. The smallest absolute Gasteiger partial charge is 0.225 e. The standard InChI is InChI=1S/C11H13NO4/c1-15-7-3-4-8(10(5-7)16-2)9(13)6-11(12)14/h3-5H,6H2,1-2H3,(H2,12,14). The fourth-order valence-electron chi connectivity index (χ4n) is 1.28. The van der Waals surface area contributed by atoms with Crippen LogP contribution in [0.4, 0.5) is 0 Å². The van der Waals surface area contributed by atoms with E-state index in [4.69, 9.17) is 15.2 Å². The third kappa shape index (κ3) is 2.73. The van der Waals surface area contributed by atoms with Crippen molar-refractivity contribution < 1.29 is 19.1 Å². The molecule has 16 heavy (non-hydrogen) atoms. The Kier molecular flexibility index (Phi) is 3.88. The zero-order valence-electron chi connectivity index (χ0n) is 9.15. The molecule has 0 atom stereocenters. The van der Waals surface area contributed by atoms with E-state index in [1.54, 1.807) is 18.2 Å². The van der Waals surface area contributed by atoms with Crippen molar-refractivity contribution >= 4 is 11.7 Å². The Balaban J connectivity index is 3.03. The van der Waals surface area contributed by atoms with Crippen molar-refractivity contribution in [3.63, 3.8) is 0 Å². The molecule has 1 aromatic carbocycles. The summed E-state index contributed by atoms with van der Waals surface area (Å²) in [5.41, 5.74) is 5.27. The summed E-state index contributed by atoms with van der Waals surface area (Å²) in [5, 5.41) is 0. The number of benzene rings is 1. The predicted octanol–water partition coefficient (Wildman–Crippen LogP) is 0.762. The maximum Gasteiger partial charge on any atom is 0.225 e. The van der Waals surface area contributed by atoms with Gasteiger partial charge in [0.15, 0.2) is 5.78 Å². The number of nitrogens with two attached hydrogens (primary N) is 1. The Morgan fingerprint density at radius 2 is 1.94 bits per heavy atom. The molecule has 0 spiro atoms. The van der Waals surface area contributed by atoms with Crippen LogP contribution in [-0.4, -0.2) is 25.9 Å². The number of Topliss-reactive ketones (excluding diaryl/α,β-unsaturated/α-hetero) is 1. The SMILES string of the molecule is COc1ccc(C(=O)CC(N)=O)c(OC)c1. The first-order valence-electron chi connectivity index (χ1n) is 4.62. The molecule has 0 saturated heterocycles. The largest absolute Gasteiger partial charge is 0.497 e. The average molecular weight is 223 g/mol. The van der Waals surface area contributed by atoms with Gasteiger partial charge >= 0.3 is 0 Å². The molecule has 0 unspecified atom stereocenters. The molecule has 0 aliphatic heterocycles. The summed E-state index contributed by atoms with van der Waals surface area (Å²) < 4.78 is 10.0. The van der Waals surface area contributed by atoms with Crippen molar-refractivity contribution in [2.24, 2.45) is 5.73 Å². The second-order valence-electron chi connectivity index (χ2n) is 3.13. The lowest BCUT2D eigenvalue weighted by Gasteiger charge is -2.08. The van der Waals surface area contributed by atoms with E-state index in [1.807, 2.05) is 0 Å². The van der Waals surface area contributed by atoms with Crippen LogP contribution in [0.5, 0.6) is 11.5 Å². The average Bonchev–Trinajstić information content (AvgIpc) is 2.27. The fraction of sp³-hybridized carbons (Fsp3) is 0.273. The number of primary amides is 1. The topological polar surface area (TPSA) is 78.6 Å². The highest BCUT2D eigenvalue weighted by Gasteiger charge is 2.15. The quantitative estimate of drug-likeness (QED) is 0.590. The number of rotatable bonds is 5. The maximum absolute atomic E-state index is 11.6. The molecule has 0 aliphatic rings. The van der Waals surface area contributed by atoms with Crippen LogP contribution in [0, 0.1) is 0 Å². The number of carbonyl (C=O) groups excluding carboxylic acids is 2. The molecule has 1 amide bonds. The van der Waals surface area contributed by atoms with Gasteiger partial charge in [0.25, 0.3) is 0 Å². The van der Waals surface area contributed by atoms with E-state index in [2.05, 4.69) is 0 Å². The first kappa shape index (κ1) is 12.0. The number of ether oxygens (including phenoxy) is 2. The molecule has 5 heteroatoms. The van der Waals surface area contributed by atoms with Crippen LogP contribution in [0.3, 0.4) is 0 Å². The lowest BCUT2D eigenvalue weighted by atomic mass is 10.1. The molecule has 0 aliphatic carbocycles. The summed E-state index contributed by atoms with van der Waals surface area (Å²) in [5.74, 6) is -0.0899. The molecule has 0 saturated carbocycles. The van der Waals surface area contributed by atoms with Gasteiger partial charge in [-0.1, -0.05) is 0 Å². The van der Waals surface area contributed by atoms with Crippen molar-refractivity contribution in [3.05, 3.63) is 23.8 Å². The van der Waals surface area contributed by atoms with E-state index in [1.165, 1.54) is 14.2 Å². The summed E-state index contributed by atoms with van der Waals surface area (Å²) in [7, 11) is 2.95. The molecule has 1 rings (SSSR count). The second-order valence-corrected chi connectivity index (χ2v) is 3.13. The van der Waals surface area contributed by atoms with Crippen LogP contribution in [0.2, 0.25) is 0 Å². The first-order valence-corrected chi connectivity index (χ1v) is 4.62. The van der Waals surface area contributed by atoms with Crippen LogP contribution in [-0.2, 0) is 4.79 Å². The number of ketones is 1. The Morgan fingerprint density at radius 1 is 1.25 bits per heavy atom. The summed E-state index contributed by atoms with van der Waals surface area (Å²) in [6, 6.07) is 4.74. The van der Waals surface area contributed by atoms with Crippen LogP contribution in [0.25, 0.3) is 0 Å². The Hall–Kier alpha value is -2.04. The Bertz CT molecular complexity index is 414. The van der Waals surface area contributed by atoms with Gasteiger partial charge in [-0.3, -0.25) is 9.59 Å². The highest BCUT2D eigenvalue weighted by molar-refractivity contribution is 6.08. The van der Waals surface area contributed by atoms with Crippen molar-refractivity contribution in [1.82, 2.24) is 0 Å².